The molecule has 0 saturated carbocycles. The number of rotatable bonds is 6. The Morgan fingerprint density at radius 2 is 1.95 bits per heavy atom. The average Bonchev–Trinajstić information content (AvgIpc) is 2.45. The Morgan fingerprint density at radius 3 is 2.45 bits per heavy atom. The van der Waals surface area contributed by atoms with E-state index in [0.29, 0.717) is 22.9 Å². The normalized spacial score (nSPS) is 11.7. The molecule has 6 nitrogen and oxygen atoms in total. The van der Waals surface area contributed by atoms with Crippen molar-refractivity contribution >= 4 is 29.3 Å². The summed E-state index contributed by atoms with van der Waals surface area (Å²) in [6.45, 7) is 3.91. The maximum absolute atomic E-state index is 12.0. The van der Waals surface area contributed by atoms with Crippen LogP contribution in [-0.4, -0.2) is 32.3 Å². The fourth-order valence-corrected chi connectivity index (χ4v) is 2.15. The van der Waals surface area contributed by atoms with Crippen LogP contribution in [0.25, 0.3) is 0 Å². The molecule has 0 saturated heterocycles. The fourth-order valence-electron chi connectivity index (χ4n) is 1.90. The van der Waals surface area contributed by atoms with Gasteiger partial charge in [-0.15, -0.1) is 0 Å². The van der Waals surface area contributed by atoms with E-state index in [1.807, 2.05) is 13.8 Å². The first kappa shape index (κ1) is 18.1. The molecule has 0 aromatic heterocycles. The Bertz CT molecular complexity index is 534. The molecule has 0 radical (unpaired) electrons. The second-order valence-electron chi connectivity index (χ2n) is 5.15. The summed E-state index contributed by atoms with van der Waals surface area (Å²) in [4.78, 5) is 23.7. The Hall–Kier alpha value is -1.95. The lowest BCUT2D eigenvalue weighted by Gasteiger charge is -2.18. The minimum atomic E-state index is -0.696. The van der Waals surface area contributed by atoms with Gasteiger partial charge in [0.25, 0.3) is 0 Å². The summed E-state index contributed by atoms with van der Waals surface area (Å²) >= 11 is 5.99. The van der Waals surface area contributed by atoms with E-state index in [4.69, 9.17) is 21.1 Å². The number of amides is 2. The summed E-state index contributed by atoms with van der Waals surface area (Å²) in [6, 6.07) is 3.66. The minimum absolute atomic E-state index is 0.236. The number of methoxy groups -OCH3 is 2. The molecule has 0 fully saturated rings. The number of ether oxygens (including phenoxy) is 2. The van der Waals surface area contributed by atoms with Crippen LogP contribution in [-0.2, 0) is 9.53 Å². The van der Waals surface area contributed by atoms with Crippen molar-refractivity contribution in [1.29, 1.82) is 0 Å². The summed E-state index contributed by atoms with van der Waals surface area (Å²) < 4.78 is 9.73. The maximum atomic E-state index is 12.0. The second-order valence-corrected chi connectivity index (χ2v) is 5.56. The first-order chi connectivity index (χ1) is 10.4. The van der Waals surface area contributed by atoms with Crippen molar-refractivity contribution in [3.8, 4) is 5.75 Å². The molecule has 0 unspecified atom stereocenters. The molecule has 0 heterocycles. The quantitative estimate of drug-likeness (QED) is 0.787. The van der Waals surface area contributed by atoms with Gasteiger partial charge in [0, 0.05) is 5.69 Å². The predicted octanol–water partition coefficient (Wildman–Crippen LogP) is 3.06. The molecular formula is C15H21ClN2O4. The van der Waals surface area contributed by atoms with Crippen molar-refractivity contribution in [2.45, 2.75) is 26.3 Å². The van der Waals surface area contributed by atoms with Crippen molar-refractivity contribution in [3.05, 3.63) is 23.2 Å². The van der Waals surface area contributed by atoms with Crippen LogP contribution in [0.1, 0.15) is 20.3 Å². The number of halogens is 1. The molecule has 1 aromatic rings. The number of nitrogens with one attached hydrogen (secondary N) is 2. The van der Waals surface area contributed by atoms with E-state index in [2.05, 4.69) is 10.6 Å². The van der Waals surface area contributed by atoms with Crippen LogP contribution in [0.5, 0.6) is 5.75 Å². The SMILES string of the molecule is COC(=O)[C@H](CC(C)C)NC(=O)Nc1ccc(OC)c(Cl)c1. The first-order valence-corrected chi connectivity index (χ1v) is 7.24. The first-order valence-electron chi connectivity index (χ1n) is 6.86. The molecule has 0 aliphatic carbocycles. The van der Waals surface area contributed by atoms with Crippen molar-refractivity contribution in [2.75, 3.05) is 19.5 Å². The molecule has 0 spiro atoms. The van der Waals surface area contributed by atoms with Gasteiger partial charge < -0.3 is 20.1 Å². The van der Waals surface area contributed by atoms with Crippen LogP contribution < -0.4 is 15.4 Å². The summed E-state index contributed by atoms with van der Waals surface area (Å²) in [6.07, 6.45) is 0.490. The predicted molar refractivity (Wildman–Crippen MR) is 85.4 cm³/mol. The van der Waals surface area contributed by atoms with Crippen LogP contribution in [0, 0.1) is 5.92 Å². The topological polar surface area (TPSA) is 76.7 Å². The Morgan fingerprint density at radius 1 is 1.27 bits per heavy atom. The molecular weight excluding hydrogens is 308 g/mol. The van der Waals surface area contributed by atoms with Crippen molar-refractivity contribution < 1.29 is 19.1 Å². The van der Waals surface area contributed by atoms with Gasteiger partial charge in [-0.2, -0.15) is 0 Å². The van der Waals surface area contributed by atoms with Gasteiger partial charge in [-0.25, -0.2) is 9.59 Å². The van der Waals surface area contributed by atoms with Gasteiger partial charge in [-0.1, -0.05) is 25.4 Å². The molecule has 1 rings (SSSR count). The minimum Gasteiger partial charge on any atom is -0.495 e. The Labute approximate surface area is 135 Å². The molecule has 7 heteroatoms. The maximum Gasteiger partial charge on any atom is 0.328 e. The third-order valence-corrected chi connectivity index (χ3v) is 3.20. The fraction of sp³-hybridized carbons (Fsp3) is 0.467. The van der Waals surface area contributed by atoms with E-state index >= 15 is 0 Å². The number of benzene rings is 1. The van der Waals surface area contributed by atoms with Crippen LogP contribution >= 0.6 is 11.6 Å². The summed E-state index contributed by atoms with van der Waals surface area (Å²) in [5.74, 6) is 0.274. The molecule has 1 atom stereocenters. The molecule has 0 aliphatic rings. The van der Waals surface area contributed by atoms with Crippen molar-refractivity contribution in [1.82, 2.24) is 5.32 Å². The lowest BCUT2D eigenvalue weighted by molar-refractivity contribution is -0.143. The summed E-state index contributed by atoms with van der Waals surface area (Å²) in [7, 11) is 2.80. The van der Waals surface area contributed by atoms with E-state index in [1.165, 1.54) is 14.2 Å². The standard InChI is InChI=1S/C15H21ClN2O4/c1-9(2)7-12(14(19)22-4)18-15(20)17-10-5-6-13(21-3)11(16)8-10/h5-6,8-9,12H,7H2,1-4H3,(H2,17,18,20)/t12-/m0/s1. The van der Waals surface area contributed by atoms with E-state index in [1.54, 1.807) is 18.2 Å². The van der Waals surface area contributed by atoms with Crippen LogP contribution in [0.3, 0.4) is 0 Å². The van der Waals surface area contributed by atoms with E-state index in [-0.39, 0.29) is 5.92 Å². The van der Waals surface area contributed by atoms with Gasteiger partial charge in [0.2, 0.25) is 0 Å². The van der Waals surface area contributed by atoms with E-state index in [0.717, 1.165) is 0 Å². The van der Waals surface area contributed by atoms with Gasteiger partial charge in [0.05, 0.1) is 19.2 Å². The lowest BCUT2D eigenvalue weighted by atomic mass is 10.0. The molecule has 122 valence electrons. The van der Waals surface area contributed by atoms with Crippen molar-refractivity contribution in [2.24, 2.45) is 5.92 Å². The number of carbonyl (C=O) groups is 2. The highest BCUT2D eigenvalue weighted by molar-refractivity contribution is 6.32. The van der Waals surface area contributed by atoms with Gasteiger partial charge in [0.15, 0.2) is 0 Å². The Kier molecular flexibility index (Phi) is 6.98. The van der Waals surface area contributed by atoms with E-state index < -0.39 is 18.0 Å². The molecule has 2 N–H and O–H groups in total. The van der Waals surface area contributed by atoms with Crippen LogP contribution in [0.2, 0.25) is 5.02 Å². The number of carbonyl (C=O) groups excluding carboxylic acids is 2. The van der Waals surface area contributed by atoms with Gasteiger partial charge in [-0.05, 0) is 30.5 Å². The number of esters is 1. The molecule has 0 bridgehead atoms. The highest BCUT2D eigenvalue weighted by atomic mass is 35.5. The van der Waals surface area contributed by atoms with Gasteiger partial charge in [-0.3, -0.25) is 0 Å². The van der Waals surface area contributed by atoms with Gasteiger partial charge >= 0.3 is 12.0 Å². The number of hydrogen-bond acceptors (Lipinski definition) is 4. The zero-order valence-electron chi connectivity index (χ0n) is 13.1. The smallest absolute Gasteiger partial charge is 0.328 e. The molecule has 22 heavy (non-hydrogen) atoms. The van der Waals surface area contributed by atoms with Crippen LogP contribution in [0.15, 0.2) is 18.2 Å². The third-order valence-electron chi connectivity index (χ3n) is 2.91. The van der Waals surface area contributed by atoms with Crippen molar-refractivity contribution in [3.63, 3.8) is 0 Å². The summed E-state index contributed by atoms with van der Waals surface area (Å²) in [5, 5.41) is 5.60. The summed E-state index contributed by atoms with van der Waals surface area (Å²) in [5.41, 5.74) is 0.497. The number of urea groups is 1. The number of anilines is 1. The second kappa shape index (κ2) is 8.48. The average molecular weight is 329 g/mol. The molecule has 0 aliphatic heterocycles. The van der Waals surface area contributed by atoms with Gasteiger partial charge in [0.1, 0.15) is 11.8 Å². The lowest BCUT2D eigenvalue weighted by Crippen LogP contribution is -2.44. The zero-order chi connectivity index (χ0) is 16.7. The highest BCUT2D eigenvalue weighted by Crippen LogP contribution is 2.27. The zero-order valence-corrected chi connectivity index (χ0v) is 13.9. The van der Waals surface area contributed by atoms with Crippen LogP contribution in [0.4, 0.5) is 10.5 Å². The van der Waals surface area contributed by atoms with E-state index in [9.17, 15) is 9.59 Å². The molecule has 2 amide bonds. The monoisotopic (exact) mass is 328 g/mol. The third kappa shape index (κ3) is 5.44. The molecule has 1 aromatic carbocycles. The highest BCUT2D eigenvalue weighted by Gasteiger charge is 2.22. The Balaban J connectivity index is 2.70. The largest absolute Gasteiger partial charge is 0.495 e. The number of hydrogen-bond donors (Lipinski definition) is 2.